The molecule has 0 aliphatic heterocycles. The van der Waals surface area contributed by atoms with E-state index in [1.165, 1.54) is 14.2 Å². The maximum atomic E-state index is 10.0. The van der Waals surface area contributed by atoms with Gasteiger partial charge in [-0.3, -0.25) is 4.90 Å². The van der Waals surface area contributed by atoms with E-state index in [2.05, 4.69) is 0 Å². The third kappa shape index (κ3) is 5.69. The fraction of sp³-hybridized carbons (Fsp3) is 0.600. The second-order valence-corrected chi connectivity index (χ2v) is 4.70. The predicted molar refractivity (Wildman–Crippen MR) is 81.7 cm³/mol. The van der Waals surface area contributed by atoms with Gasteiger partial charge >= 0.3 is 0 Å². The lowest BCUT2D eigenvalue weighted by molar-refractivity contribution is 0.0537. The number of para-hydroxylation sites is 1. The maximum Gasteiger partial charge on any atom is 0.203 e. The summed E-state index contributed by atoms with van der Waals surface area (Å²) in [6.07, 6.45) is -0.771. The summed E-state index contributed by atoms with van der Waals surface area (Å²) in [4.78, 5) is 1.76. The van der Waals surface area contributed by atoms with Crippen LogP contribution in [0.3, 0.4) is 0 Å². The summed E-state index contributed by atoms with van der Waals surface area (Å²) in [6.45, 7) is 1.04. The molecule has 0 aliphatic carbocycles. The van der Waals surface area contributed by atoms with Crippen molar-refractivity contribution in [3.8, 4) is 17.2 Å². The number of rotatable bonds is 11. The van der Waals surface area contributed by atoms with Gasteiger partial charge in [0.1, 0.15) is 12.7 Å². The van der Waals surface area contributed by atoms with Crippen molar-refractivity contribution in [2.75, 3.05) is 53.7 Å². The zero-order valence-electron chi connectivity index (χ0n) is 13.1. The monoisotopic (exact) mass is 315 g/mol. The first-order valence-electron chi connectivity index (χ1n) is 7.12. The van der Waals surface area contributed by atoms with E-state index in [-0.39, 0.29) is 19.8 Å². The molecule has 0 spiro atoms. The Morgan fingerprint density at radius 2 is 1.59 bits per heavy atom. The van der Waals surface area contributed by atoms with Crippen molar-refractivity contribution in [3.05, 3.63) is 18.2 Å². The highest BCUT2D eigenvalue weighted by Crippen LogP contribution is 2.36. The zero-order valence-corrected chi connectivity index (χ0v) is 13.1. The third-order valence-electron chi connectivity index (χ3n) is 3.10. The minimum atomic E-state index is -0.771. The van der Waals surface area contributed by atoms with Gasteiger partial charge in [-0.2, -0.15) is 0 Å². The van der Waals surface area contributed by atoms with E-state index >= 15 is 0 Å². The van der Waals surface area contributed by atoms with Crippen LogP contribution in [0.1, 0.15) is 0 Å². The number of ether oxygens (including phenoxy) is 3. The van der Waals surface area contributed by atoms with Gasteiger partial charge in [0.25, 0.3) is 0 Å². The van der Waals surface area contributed by atoms with Crippen molar-refractivity contribution in [2.24, 2.45) is 0 Å². The van der Waals surface area contributed by atoms with Crippen LogP contribution < -0.4 is 14.2 Å². The first-order chi connectivity index (χ1) is 10.7. The molecule has 0 heterocycles. The van der Waals surface area contributed by atoms with Gasteiger partial charge < -0.3 is 29.5 Å². The molecular weight excluding hydrogens is 290 g/mol. The van der Waals surface area contributed by atoms with Gasteiger partial charge in [0.2, 0.25) is 5.75 Å². The van der Waals surface area contributed by atoms with E-state index in [1.54, 1.807) is 23.1 Å². The lowest BCUT2D eigenvalue weighted by Gasteiger charge is -2.24. The molecule has 1 unspecified atom stereocenters. The minimum Gasteiger partial charge on any atom is -0.493 e. The number of aliphatic hydroxyl groups excluding tert-OH is 3. The number of hydrogen-bond donors (Lipinski definition) is 3. The predicted octanol–water partition coefficient (Wildman–Crippen LogP) is -0.270. The number of methoxy groups -OCH3 is 2. The SMILES string of the molecule is COc1cccc(OC)c1OCC(O)CN(CCO)CCO. The number of nitrogens with zero attached hydrogens (tertiary/aromatic N) is 1. The first kappa shape index (κ1) is 18.5. The van der Waals surface area contributed by atoms with E-state index in [0.717, 1.165) is 0 Å². The van der Waals surface area contributed by atoms with Crippen LogP contribution in [0.4, 0.5) is 0 Å². The van der Waals surface area contributed by atoms with Crippen LogP contribution >= 0.6 is 0 Å². The topological polar surface area (TPSA) is 91.6 Å². The molecule has 0 aromatic heterocycles. The lowest BCUT2D eigenvalue weighted by atomic mass is 10.3. The summed E-state index contributed by atoms with van der Waals surface area (Å²) in [6, 6.07) is 5.27. The van der Waals surface area contributed by atoms with E-state index in [9.17, 15) is 5.11 Å². The molecule has 0 saturated heterocycles. The first-order valence-corrected chi connectivity index (χ1v) is 7.12. The molecule has 1 atom stereocenters. The van der Waals surface area contributed by atoms with E-state index in [1.807, 2.05) is 0 Å². The summed E-state index contributed by atoms with van der Waals surface area (Å²) in [5.41, 5.74) is 0. The summed E-state index contributed by atoms with van der Waals surface area (Å²) < 4.78 is 16.0. The molecule has 7 heteroatoms. The number of aliphatic hydroxyl groups is 3. The van der Waals surface area contributed by atoms with Crippen molar-refractivity contribution < 1.29 is 29.5 Å². The quantitative estimate of drug-likeness (QED) is 0.518. The molecule has 0 amide bonds. The van der Waals surface area contributed by atoms with Gasteiger partial charge in [-0.05, 0) is 12.1 Å². The molecule has 22 heavy (non-hydrogen) atoms. The number of benzene rings is 1. The molecule has 0 fully saturated rings. The largest absolute Gasteiger partial charge is 0.493 e. The van der Waals surface area contributed by atoms with Crippen LogP contribution in [0.5, 0.6) is 17.2 Å². The Morgan fingerprint density at radius 3 is 2.05 bits per heavy atom. The zero-order chi connectivity index (χ0) is 16.4. The molecule has 0 radical (unpaired) electrons. The molecule has 7 nitrogen and oxygen atoms in total. The Kier molecular flexibility index (Phi) is 8.61. The molecule has 1 aromatic carbocycles. The average molecular weight is 315 g/mol. The fourth-order valence-corrected chi connectivity index (χ4v) is 2.07. The van der Waals surface area contributed by atoms with Crippen LogP contribution in [-0.4, -0.2) is 80.0 Å². The van der Waals surface area contributed by atoms with Crippen molar-refractivity contribution in [3.63, 3.8) is 0 Å². The highest BCUT2D eigenvalue weighted by molar-refractivity contribution is 5.51. The van der Waals surface area contributed by atoms with Crippen molar-refractivity contribution >= 4 is 0 Å². The summed E-state index contributed by atoms with van der Waals surface area (Å²) >= 11 is 0. The molecule has 1 rings (SSSR count). The summed E-state index contributed by atoms with van der Waals surface area (Å²) in [7, 11) is 3.06. The highest BCUT2D eigenvalue weighted by atomic mass is 16.5. The van der Waals surface area contributed by atoms with Crippen molar-refractivity contribution in [1.29, 1.82) is 0 Å². The normalized spacial score (nSPS) is 12.3. The second kappa shape index (κ2) is 10.2. The van der Waals surface area contributed by atoms with E-state index in [0.29, 0.717) is 36.9 Å². The Bertz CT molecular complexity index is 400. The molecule has 0 bridgehead atoms. The Labute approximate surface area is 130 Å². The van der Waals surface area contributed by atoms with Crippen molar-refractivity contribution in [2.45, 2.75) is 6.10 Å². The molecule has 3 N–H and O–H groups in total. The van der Waals surface area contributed by atoms with Gasteiger partial charge in [0, 0.05) is 19.6 Å². The average Bonchev–Trinajstić information content (AvgIpc) is 2.52. The summed E-state index contributed by atoms with van der Waals surface area (Å²) in [5.74, 6) is 1.48. The van der Waals surface area contributed by atoms with E-state index < -0.39 is 6.10 Å². The van der Waals surface area contributed by atoms with Gasteiger partial charge in [0.15, 0.2) is 11.5 Å². The molecule has 0 aliphatic rings. The number of hydrogen-bond acceptors (Lipinski definition) is 7. The summed E-state index contributed by atoms with van der Waals surface area (Å²) in [5, 5.41) is 28.0. The molecule has 0 saturated carbocycles. The third-order valence-corrected chi connectivity index (χ3v) is 3.10. The minimum absolute atomic E-state index is 0.0338. The Hall–Kier alpha value is -1.54. The lowest BCUT2D eigenvalue weighted by Crippen LogP contribution is -2.38. The Balaban J connectivity index is 2.61. The van der Waals surface area contributed by atoms with Gasteiger partial charge in [-0.25, -0.2) is 0 Å². The maximum absolute atomic E-state index is 10.0. The van der Waals surface area contributed by atoms with Gasteiger partial charge in [0.05, 0.1) is 27.4 Å². The van der Waals surface area contributed by atoms with E-state index in [4.69, 9.17) is 24.4 Å². The van der Waals surface area contributed by atoms with Crippen LogP contribution in [0.2, 0.25) is 0 Å². The van der Waals surface area contributed by atoms with Crippen LogP contribution in [0.15, 0.2) is 18.2 Å². The van der Waals surface area contributed by atoms with Crippen LogP contribution in [0, 0.1) is 0 Å². The fourth-order valence-electron chi connectivity index (χ4n) is 2.07. The molecular formula is C15H25NO6. The smallest absolute Gasteiger partial charge is 0.203 e. The van der Waals surface area contributed by atoms with Gasteiger partial charge in [-0.1, -0.05) is 6.07 Å². The second-order valence-electron chi connectivity index (χ2n) is 4.70. The van der Waals surface area contributed by atoms with Crippen LogP contribution in [0.25, 0.3) is 0 Å². The van der Waals surface area contributed by atoms with Crippen LogP contribution in [-0.2, 0) is 0 Å². The Morgan fingerprint density at radius 1 is 1.05 bits per heavy atom. The standard InChI is InChI=1S/C15H25NO6/c1-20-13-4-3-5-14(21-2)15(13)22-11-12(19)10-16(6-8-17)7-9-18/h3-5,12,17-19H,6-11H2,1-2H3. The highest BCUT2D eigenvalue weighted by Gasteiger charge is 2.16. The molecule has 1 aromatic rings. The molecule has 126 valence electrons. The van der Waals surface area contributed by atoms with Crippen molar-refractivity contribution in [1.82, 2.24) is 4.90 Å². The van der Waals surface area contributed by atoms with Gasteiger partial charge in [-0.15, -0.1) is 0 Å².